The number of benzene rings is 1. The lowest BCUT2D eigenvalue weighted by Crippen LogP contribution is -2.19. The van der Waals surface area contributed by atoms with Crippen LogP contribution < -0.4 is 10.1 Å². The van der Waals surface area contributed by atoms with Crippen LogP contribution >= 0.6 is 15.9 Å². The van der Waals surface area contributed by atoms with E-state index in [9.17, 15) is 13.2 Å². The molecule has 0 spiro atoms. The second-order valence-corrected chi connectivity index (χ2v) is 4.23. The van der Waals surface area contributed by atoms with Gasteiger partial charge in [0.1, 0.15) is 0 Å². The van der Waals surface area contributed by atoms with Crippen LogP contribution in [0, 0.1) is 0 Å². The maximum absolute atomic E-state index is 12.2. The Balaban J connectivity index is 2.70. The van der Waals surface area contributed by atoms with E-state index in [1.54, 1.807) is 6.07 Å². The van der Waals surface area contributed by atoms with Gasteiger partial charge in [0.15, 0.2) is 5.75 Å². The van der Waals surface area contributed by atoms with E-state index in [4.69, 9.17) is 4.74 Å². The van der Waals surface area contributed by atoms with Crippen LogP contribution in [0.15, 0.2) is 22.7 Å². The Labute approximate surface area is 111 Å². The largest absolute Gasteiger partial charge is 0.573 e. The molecule has 0 aliphatic rings. The van der Waals surface area contributed by atoms with Crippen molar-refractivity contribution in [1.29, 1.82) is 0 Å². The molecule has 1 aromatic carbocycles. The number of nitrogens with one attached hydrogen (secondary N) is 1. The van der Waals surface area contributed by atoms with Crippen molar-refractivity contribution in [1.82, 2.24) is 0 Å². The van der Waals surface area contributed by atoms with Crippen molar-refractivity contribution >= 4 is 21.6 Å². The van der Waals surface area contributed by atoms with Crippen molar-refractivity contribution in [2.75, 3.05) is 25.1 Å². The van der Waals surface area contributed by atoms with Gasteiger partial charge in [0.2, 0.25) is 0 Å². The highest BCUT2D eigenvalue weighted by atomic mass is 79.9. The van der Waals surface area contributed by atoms with Crippen molar-refractivity contribution < 1.29 is 22.6 Å². The number of hydrogen-bond donors (Lipinski definition) is 1. The van der Waals surface area contributed by atoms with Gasteiger partial charge in [-0.05, 0) is 25.1 Å². The van der Waals surface area contributed by atoms with Crippen LogP contribution in [0.5, 0.6) is 5.75 Å². The lowest BCUT2D eigenvalue weighted by Gasteiger charge is -2.15. The Kier molecular flexibility index (Phi) is 5.74. The third kappa shape index (κ3) is 5.59. The zero-order chi connectivity index (χ0) is 13.6. The molecule has 1 N–H and O–H groups in total. The minimum Gasteiger partial charge on any atom is -0.404 e. The molecule has 0 amide bonds. The van der Waals surface area contributed by atoms with E-state index in [0.717, 1.165) is 0 Å². The predicted molar refractivity (Wildman–Crippen MR) is 65.8 cm³/mol. The van der Waals surface area contributed by atoms with Gasteiger partial charge in [-0.3, -0.25) is 0 Å². The van der Waals surface area contributed by atoms with Crippen LogP contribution in [0.1, 0.15) is 6.92 Å². The van der Waals surface area contributed by atoms with Crippen molar-refractivity contribution in [2.45, 2.75) is 13.3 Å². The third-order valence-corrected chi connectivity index (χ3v) is 2.43. The zero-order valence-electron chi connectivity index (χ0n) is 9.68. The number of alkyl halides is 3. The first-order valence-electron chi connectivity index (χ1n) is 5.29. The molecule has 0 radical (unpaired) electrons. The average Bonchev–Trinajstić information content (AvgIpc) is 2.24. The molecule has 18 heavy (non-hydrogen) atoms. The summed E-state index contributed by atoms with van der Waals surface area (Å²) in [6, 6.07) is 4.40. The number of rotatable bonds is 6. The minimum atomic E-state index is -4.71. The molecule has 3 nitrogen and oxygen atoms in total. The lowest BCUT2D eigenvalue weighted by atomic mass is 10.3. The second-order valence-electron chi connectivity index (χ2n) is 3.31. The first-order chi connectivity index (χ1) is 8.42. The van der Waals surface area contributed by atoms with Crippen molar-refractivity contribution in [3.63, 3.8) is 0 Å². The van der Waals surface area contributed by atoms with Gasteiger partial charge in [0, 0.05) is 17.6 Å². The summed E-state index contributed by atoms with van der Waals surface area (Å²) < 4.78 is 46.2. The summed E-state index contributed by atoms with van der Waals surface area (Å²) in [6.45, 7) is 3.23. The number of anilines is 1. The van der Waals surface area contributed by atoms with Gasteiger partial charge in [0.05, 0.1) is 12.3 Å². The Hall–Kier alpha value is -0.950. The summed E-state index contributed by atoms with van der Waals surface area (Å²) in [4.78, 5) is 0. The van der Waals surface area contributed by atoms with Crippen molar-refractivity contribution in [2.24, 2.45) is 0 Å². The van der Waals surface area contributed by atoms with Crippen LogP contribution in [0.4, 0.5) is 18.9 Å². The molecule has 0 fully saturated rings. The van der Waals surface area contributed by atoms with E-state index in [1.807, 2.05) is 6.92 Å². The molecule has 0 aliphatic carbocycles. The molecule has 0 saturated carbocycles. The molecule has 1 rings (SSSR count). The Morgan fingerprint density at radius 1 is 1.33 bits per heavy atom. The normalized spacial score (nSPS) is 11.4. The average molecular weight is 328 g/mol. The molecule has 0 aliphatic heterocycles. The molecule has 7 heteroatoms. The maximum atomic E-state index is 12.2. The van der Waals surface area contributed by atoms with Gasteiger partial charge >= 0.3 is 6.36 Å². The molecule has 102 valence electrons. The molecule has 0 aromatic heterocycles. The topological polar surface area (TPSA) is 30.5 Å². The fourth-order valence-corrected chi connectivity index (χ4v) is 1.59. The first-order valence-corrected chi connectivity index (χ1v) is 6.08. The van der Waals surface area contributed by atoms with Crippen LogP contribution in [0.25, 0.3) is 0 Å². The molecule has 1 aromatic rings. The summed E-state index contributed by atoms with van der Waals surface area (Å²) in [7, 11) is 0. The van der Waals surface area contributed by atoms with Gasteiger partial charge in [-0.15, -0.1) is 13.2 Å². The fraction of sp³-hybridized carbons (Fsp3) is 0.455. The molecule has 0 unspecified atom stereocenters. The Morgan fingerprint density at radius 3 is 2.67 bits per heavy atom. The van der Waals surface area contributed by atoms with Gasteiger partial charge in [-0.2, -0.15) is 0 Å². The smallest absolute Gasteiger partial charge is 0.404 e. The van der Waals surface area contributed by atoms with Gasteiger partial charge < -0.3 is 14.8 Å². The van der Waals surface area contributed by atoms with E-state index in [0.29, 0.717) is 24.2 Å². The van der Waals surface area contributed by atoms with Crippen LogP contribution in [0.3, 0.4) is 0 Å². The molecule has 0 saturated heterocycles. The number of ether oxygens (including phenoxy) is 2. The van der Waals surface area contributed by atoms with Crippen LogP contribution in [0.2, 0.25) is 0 Å². The fourth-order valence-electron chi connectivity index (χ4n) is 1.25. The zero-order valence-corrected chi connectivity index (χ0v) is 11.3. The Bertz CT molecular complexity index is 385. The molecular weight excluding hydrogens is 315 g/mol. The van der Waals surface area contributed by atoms with Crippen molar-refractivity contribution in [3.8, 4) is 5.75 Å². The van der Waals surface area contributed by atoms with Gasteiger partial charge in [-0.25, -0.2) is 0 Å². The first kappa shape index (κ1) is 15.1. The van der Waals surface area contributed by atoms with Gasteiger partial charge in [-0.1, -0.05) is 15.9 Å². The highest BCUT2D eigenvalue weighted by Crippen LogP contribution is 2.32. The standard InChI is InChI=1S/C11H13BrF3NO2/c1-2-17-6-5-16-9-4-3-8(12)7-10(9)18-11(13,14)15/h3-4,7,16H,2,5-6H2,1H3. The number of halogens is 4. The summed E-state index contributed by atoms with van der Waals surface area (Å²) >= 11 is 3.10. The summed E-state index contributed by atoms with van der Waals surface area (Å²) in [6.07, 6.45) is -4.71. The second kappa shape index (κ2) is 6.84. The molecule has 0 bridgehead atoms. The summed E-state index contributed by atoms with van der Waals surface area (Å²) in [5, 5.41) is 2.83. The van der Waals surface area contributed by atoms with Crippen molar-refractivity contribution in [3.05, 3.63) is 22.7 Å². The van der Waals surface area contributed by atoms with E-state index in [2.05, 4.69) is 26.0 Å². The monoisotopic (exact) mass is 327 g/mol. The number of hydrogen-bond acceptors (Lipinski definition) is 3. The molecular formula is C11H13BrF3NO2. The van der Waals surface area contributed by atoms with Gasteiger partial charge in [0.25, 0.3) is 0 Å². The van der Waals surface area contributed by atoms with E-state index in [-0.39, 0.29) is 11.4 Å². The molecule has 0 heterocycles. The third-order valence-electron chi connectivity index (χ3n) is 1.94. The SMILES string of the molecule is CCOCCNc1ccc(Br)cc1OC(F)(F)F. The minimum absolute atomic E-state index is 0.270. The quantitative estimate of drug-likeness (QED) is 0.806. The maximum Gasteiger partial charge on any atom is 0.573 e. The summed E-state index contributed by atoms with van der Waals surface area (Å²) in [5.41, 5.74) is 0.273. The highest BCUT2D eigenvalue weighted by Gasteiger charge is 2.32. The lowest BCUT2D eigenvalue weighted by molar-refractivity contribution is -0.274. The highest BCUT2D eigenvalue weighted by molar-refractivity contribution is 9.10. The molecule has 0 atom stereocenters. The van der Waals surface area contributed by atoms with Crippen LogP contribution in [-0.4, -0.2) is 26.1 Å². The van der Waals surface area contributed by atoms with E-state index < -0.39 is 6.36 Å². The summed E-state index contributed by atoms with van der Waals surface area (Å²) in [5.74, 6) is -0.270. The Morgan fingerprint density at radius 2 is 2.06 bits per heavy atom. The van der Waals surface area contributed by atoms with E-state index in [1.165, 1.54) is 12.1 Å². The van der Waals surface area contributed by atoms with Crippen LogP contribution in [-0.2, 0) is 4.74 Å². The predicted octanol–water partition coefficient (Wildman–Crippen LogP) is 3.80. The van der Waals surface area contributed by atoms with E-state index >= 15 is 0 Å².